The molecule has 0 saturated heterocycles. The molecule has 5 heteroatoms. The number of urea groups is 1. The zero-order valence-electron chi connectivity index (χ0n) is 19.7. The smallest absolute Gasteiger partial charge is 0.319 e. The van der Waals surface area contributed by atoms with Crippen molar-refractivity contribution in [2.75, 3.05) is 11.9 Å². The Morgan fingerprint density at radius 1 is 0.848 bits per heavy atom. The summed E-state index contributed by atoms with van der Waals surface area (Å²) >= 11 is 0. The number of carbonyl (C=O) groups is 2. The highest BCUT2D eigenvalue weighted by Gasteiger charge is 2.04. The van der Waals surface area contributed by atoms with Crippen LogP contribution in [0.15, 0.2) is 79.4 Å². The molecule has 0 aliphatic heterocycles. The second-order valence-corrected chi connectivity index (χ2v) is 7.58. The molecule has 0 bridgehead atoms. The average molecular weight is 444 g/mol. The molecule has 33 heavy (non-hydrogen) atoms. The van der Waals surface area contributed by atoms with E-state index in [0.29, 0.717) is 6.54 Å². The molecule has 3 aromatic carbocycles. The number of carbonyl (C=O) groups excluding carboxylic acids is 2. The number of aldehydes is 1. The van der Waals surface area contributed by atoms with Crippen LogP contribution >= 0.6 is 0 Å². The molecular formula is C28H33N3O2. The molecular weight excluding hydrogens is 410 g/mol. The van der Waals surface area contributed by atoms with Gasteiger partial charge in [0.05, 0.1) is 0 Å². The molecule has 0 aliphatic rings. The summed E-state index contributed by atoms with van der Waals surface area (Å²) in [6.45, 7) is 11.8. The zero-order valence-corrected chi connectivity index (χ0v) is 19.7. The molecule has 0 unspecified atom stereocenters. The summed E-state index contributed by atoms with van der Waals surface area (Å²) in [7, 11) is 0. The third kappa shape index (κ3) is 8.75. The molecule has 0 saturated carbocycles. The summed E-state index contributed by atoms with van der Waals surface area (Å²) in [6, 6.07) is 24.2. The first kappa shape index (κ1) is 25.6. The molecule has 5 nitrogen and oxygen atoms in total. The van der Waals surface area contributed by atoms with Crippen LogP contribution in [0.1, 0.15) is 37.5 Å². The minimum absolute atomic E-state index is 0.217. The minimum Gasteiger partial charge on any atom is -0.334 e. The van der Waals surface area contributed by atoms with Crippen LogP contribution in [0.25, 0.3) is 16.7 Å². The van der Waals surface area contributed by atoms with Gasteiger partial charge in [0.15, 0.2) is 0 Å². The Bertz CT molecular complexity index is 1020. The Balaban J connectivity index is 0.00000122. The monoisotopic (exact) mass is 443 g/mol. The Labute approximate surface area is 196 Å². The van der Waals surface area contributed by atoms with Gasteiger partial charge in [0.2, 0.25) is 0 Å². The molecule has 0 aliphatic carbocycles. The number of amides is 2. The normalized spacial score (nSPS) is 9.91. The Morgan fingerprint density at radius 2 is 1.33 bits per heavy atom. The van der Waals surface area contributed by atoms with Crippen LogP contribution in [0.3, 0.4) is 0 Å². The Kier molecular flexibility index (Phi) is 10.6. The molecule has 3 aromatic rings. The highest BCUT2D eigenvalue weighted by molar-refractivity contribution is 5.89. The third-order valence-electron chi connectivity index (χ3n) is 4.91. The largest absolute Gasteiger partial charge is 0.334 e. The van der Waals surface area contributed by atoms with E-state index in [0.717, 1.165) is 52.9 Å². The van der Waals surface area contributed by atoms with E-state index in [-0.39, 0.29) is 6.03 Å². The first-order valence-corrected chi connectivity index (χ1v) is 11.1. The van der Waals surface area contributed by atoms with Crippen LogP contribution in [0.5, 0.6) is 0 Å². The first-order chi connectivity index (χ1) is 16.0. The maximum atomic E-state index is 12.2. The van der Waals surface area contributed by atoms with E-state index in [9.17, 15) is 4.79 Å². The van der Waals surface area contributed by atoms with Crippen LogP contribution in [0.2, 0.25) is 0 Å². The van der Waals surface area contributed by atoms with Crippen LogP contribution in [-0.4, -0.2) is 18.9 Å². The number of rotatable bonds is 8. The third-order valence-corrected chi connectivity index (χ3v) is 4.91. The van der Waals surface area contributed by atoms with Crippen molar-refractivity contribution in [2.24, 2.45) is 0 Å². The summed E-state index contributed by atoms with van der Waals surface area (Å²) in [5, 5.41) is 9.08. The van der Waals surface area contributed by atoms with Crippen molar-refractivity contribution in [1.29, 1.82) is 0 Å². The number of hydrogen-bond acceptors (Lipinski definition) is 3. The van der Waals surface area contributed by atoms with Crippen LogP contribution in [0, 0.1) is 0 Å². The maximum Gasteiger partial charge on any atom is 0.319 e. The summed E-state index contributed by atoms with van der Waals surface area (Å²) < 4.78 is 0. The van der Waals surface area contributed by atoms with Crippen molar-refractivity contribution >= 4 is 23.6 Å². The van der Waals surface area contributed by atoms with E-state index in [1.165, 1.54) is 12.5 Å². The number of allylic oxidation sites excluding steroid dienone is 1. The van der Waals surface area contributed by atoms with Crippen LogP contribution in [-0.2, 0) is 17.9 Å². The lowest BCUT2D eigenvalue weighted by molar-refractivity contribution is -0.106. The number of benzene rings is 3. The lowest BCUT2D eigenvalue weighted by atomic mass is 10.0. The zero-order chi connectivity index (χ0) is 24.1. The molecule has 0 radical (unpaired) electrons. The molecule has 0 heterocycles. The minimum atomic E-state index is -0.217. The van der Waals surface area contributed by atoms with Gasteiger partial charge >= 0.3 is 6.03 Å². The number of anilines is 1. The van der Waals surface area contributed by atoms with Crippen molar-refractivity contribution in [3.05, 3.63) is 96.1 Å². The summed E-state index contributed by atoms with van der Waals surface area (Å²) in [6.07, 6.45) is 0.750. The van der Waals surface area contributed by atoms with Gasteiger partial charge in [-0.25, -0.2) is 4.79 Å². The van der Waals surface area contributed by atoms with Crippen molar-refractivity contribution < 1.29 is 9.59 Å². The molecule has 2 amide bonds. The molecule has 0 aromatic heterocycles. The lowest BCUT2D eigenvalue weighted by Gasteiger charge is -2.10. The SMILES string of the molecule is C=C(C)c1ccc(-c2ccc(NC(=O)NCc3ccc(CNCC)cc3)cc2)cc1.CC=O. The van der Waals surface area contributed by atoms with Gasteiger partial charge in [-0.15, -0.1) is 0 Å². The van der Waals surface area contributed by atoms with Gasteiger partial charge in [0, 0.05) is 18.8 Å². The quantitative estimate of drug-likeness (QED) is 0.373. The first-order valence-electron chi connectivity index (χ1n) is 11.1. The molecule has 3 N–H and O–H groups in total. The fourth-order valence-corrected chi connectivity index (χ4v) is 3.10. The Morgan fingerprint density at radius 3 is 1.82 bits per heavy atom. The summed E-state index contributed by atoms with van der Waals surface area (Å²) in [4.78, 5) is 21.0. The topological polar surface area (TPSA) is 70.2 Å². The van der Waals surface area contributed by atoms with Crippen molar-refractivity contribution in [2.45, 2.75) is 33.9 Å². The molecule has 0 fully saturated rings. The van der Waals surface area contributed by atoms with Gasteiger partial charge in [0.1, 0.15) is 6.29 Å². The van der Waals surface area contributed by atoms with Gasteiger partial charge in [-0.3, -0.25) is 0 Å². The summed E-state index contributed by atoms with van der Waals surface area (Å²) in [5.74, 6) is 0. The Hall–Kier alpha value is -3.70. The highest BCUT2D eigenvalue weighted by atomic mass is 16.2. The van der Waals surface area contributed by atoms with Gasteiger partial charge in [-0.1, -0.05) is 79.7 Å². The van der Waals surface area contributed by atoms with E-state index >= 15 is 0 Å². The predicted octanol–water partition coefficient (Wildman–Crippen LogP) is 6.02. The van der Waals surface area contributed by atoms with E-state index in [2.05, 4.69) is 65.9 Å². The molecule has 172 valence electrons. The molecule has 0 spiro atoms. The van der Waals surface area contributed by atoms with Crippen molar-refractivity contribution in [3.63, 3.8) is 0 Å². The van der Waals surface area contributed by atoms with Gasteiger partial charge in [0.25, 0.3) is 0 Å². The van der Waals surface area contributed by atoms with Gasteiger partial charge in [-0.05, 0) is 60.3 Å². The van der Waals surface area contributed by atoms with Crippen LogP contribution in [0.4, 0.5) is 10.5 Å². The van der Waals surface area contributed by atoms with E-state index in [1.807, 2.05) is 43.3 Å². The number of hydrogen-bond donors (Lipinski definition) is 3. The van der Waals surface area contributed by atoms with Gasteiger partial charge in [-0.2, -0.15) is 0 Å². The summed E-state index contributed by atoms with van der Waals surface area (Å²) in [5.41, 5.74) is 7.49. The van der Waals surface area contributed by atoms with Crippen molar-refractivity contribution in [1.82, 2.24) is 10.6 Å². The van der Waals surface area contributed by atoms with Crippen molar-refractivity contribution in [3.8, 4) is 11.1 Å². The average Bonchev–Trinajstić information content (AvgIpc) is 2.83. The second-order valence-electron chi connectivity index (χ2n) is 7.58. The second kappa shape index (κ2) is 13.7. The van der Waals surface area contributed by atoms with Gasteiger partial charge < -0.3 is 20.7 Å². The highest BCUT2D eigenvalue weighted by Crippen LogP contribution is 2.23. The fraction of sp³-hybridized carbons (Fsp3) is 0.214. The van der Waals surface area contributed by atoms with Crippen LogP contribution < -0.4 is 16.0 Å². The molecule has 0 atom stereocenters. The standard InChI is InChI=1S/C26H29N3O.C2H4O/c1-4-27-17-20-5-7-21(8-6-20)18-28-26(30)29-25-15-13-24(14-16-25)23-11-9-22(10-12-23)19(2)3;1-2-3/h5-16,27H,2,4,17-18H2,1,3H3,(H2,28,29,30);2H,1H3. The van der Waals surface area contributed by atoms with E-state index < -0.39 is 0 Å². The van der Waals surface area contributed by atoms with E-state index in [4.69, 9.17) is 4.79 Å². The fourth-order valence-electron chi connectivity index (χ4n) is 3.10. The maximum absolute atomic E-state index is 12.2. The predicted molar refractivity (Wildman–Crippen MR) is 138 cm³/mol. The molecule has 3 rings (SSSR count). The number of nitrogens with one attached hydrogen (secondary N) is 3. The lowest BCUT2D eigenvalue weighted by Crippen LogP contribution is -2.28. The van der Waals surface area contributed by atoms with E-state index in [1.54, 1.807) is 0 Å².